The molecule has 1 amide bonds. The van der Waals surface area contributed by atoms with Gasteiger partial charge in [-0.1, -0.05) is 0 Å². The van der Waals surface area contributed by atoms with Crippen LogP contribution in [0.15, 0.2) is 0 Å². The van der Waals surface area contributed by atoms with E-state index in [0.29, 0.717) is 13.0 Å². The predicted octanol–water partition coefficient (Wildman–Crippen LogP) is 1.94. The Bertz CT molecular complexity index is 320. The highest BCUT2D eigenvalue weighted by molar-refractivity contribution is 5.67. The van der Waals surface area contributed by atoms with Gasteiger partial charge in [0.1, 0.15) is 5.60 Å². The number of nitriles is 1. The molecule has 0 aliphatic carbocycles. The summed E-state index contributed by atoms with van der Waals surface area (Å²) in [5, 5.41) is 8.70. The van der Waals surface area contributed by atoms with Gasteiger partial charge in [0, 0.05) is 12.8 Å². The zero-order chi connectivity index (χ0) is 11.5. The van der Waals surface area contributed by atoms with Crippen LogP contribution in [0.3, 0.4) is 0 Å². The molecule has 0 N–H and O–H groups in total. The summed E-state index contributed by atoms with van der Waals surface area (Å²) in [5.41, 5.74) is -0.461. The number of rotatable bonds is 0. The third kappa shape index (κ3) is 3.70. The minimum absolute atomic E-state index is 0.0451. The average molecular weight is 209 g/mol. The molecule has 1 aliphatic rings. The minimum atomic E-state index is -0.461. The van der Waals surface area contributed by atoms with Gasteiger partial charge in [-0.05, 0) is 20.8 Å². The van der Waals surface area contributed by atoms with Crippen molar-refractivity contribution in [2.24, 2.45) is 5.92 Å². The van der Waals surface area contributed by atoms with Crippen LogP contribution in [-0.4, -0.2) is 29.0 Å². The van der Waals surface area contributed by atoms with Gasteiger partial charge in [-0.3, -0.25) is 0 Å². The van der Waals surface area contributed by atoms with E-state index in [1.165, 1.54) is 0 Å². The summed E-state index contributed by atoms with van der Waals surface area (Å²) < 4.78 is 6.77. The molecule has 0 fully saturated rings. The Kier molecular flexibility index (Phi) is 3.46. The molecule has 1 atom stereocenters. The fourth-order valence-electron chi connectivity index (χ4n) is 1.36. The predicted molar refractivity (Wildman–Crippen MR) is 55.8 cm³/mol. The molecule has 82 valence electrons. The van der Waals surface area contributed by atoms with Crippen LogP contribution in [0.2, 0.25) is 0 Å². The van der Waals surface area contributed by atoms with Crippen molar-refractivity contribution in [1.29, 1.82) is 5.26 Å². The number of carbonyl (C=O) groups is 1. The first kappa shape index (κ1) is 11.7. The van der Waals surface area contributed by atoms with E-state index < -0.39 is 5.60 Å². The highest BCUT2D eigenvalue weighted by Gasteiger charge is 2.29. The number of amides is 1. The molecule has 0 saturated heterocycles. The van der Waals surface area contributed by atoms with Crippen molar-refractivity contribution in [3.8, 4) is 6.07 Å². The Hall–Kier alpha value is -1.37. The molecule has 0 bridgehead atoms. The molecular formula is C11H17N2O2+. The van der Waals surface area contributed by atoms with E-state index in [1.54, 1.807) is 10.8 Å². The standard InChI is InChI=1S/C11H17N2O2/c1-11(2,3)15-10(14)13-6-4-9(8-12)5-7-13/h6,9H,4-5,7H2,1-3H3/q+1/t9-/m1/s1. The molecule has 0 spiro atoms. The van der Waals surface area contributed by atoms with Crippen LogP contribution in [0, 0.1) is 17.2 Å². The summed E-state index contributed by atoms with van der Waals surface area (Å²) in [6.07, 6.45) is 2.80. The molecule has 4 heteroatoms. The normalized spacial score (nSPS) is 21.5. The van der Waals surface area contributed by atoms with Gasteiger partial charge in [-0.15, -0.1) is 4.58 Å². The van der Waals surface area contributed by atoms with E-state index in [0.717, 1.165) is 6.42 Å². The van der Waals surface area contributed by atoms with Crippen molar-refractivity contribution in [2.75, 3.05) is 6.54 Å². The van der Waals surface area contributed by atoms with Crippen molar-refractivity contribution < 1.29 is 14.1 Å². The second-order valence-electron chi connectivity index (χ2n) is 4.71. The van der Waals surface area contributed by atoms with Crippen molar-refractivity contribution >= 4 is 12.3 Å². The fourth-order valence-corrected chi connectivity index (χ4v) is 1.36. The number of hydrogen-bond donors (Lipinski definition) is 0. The lowest BCUT2D eigenvalue weighted by molar-refractivity contribution is -0.453. The highest BCUT2D eigenvalue weighted by Crippen LogP contribution is 2.13. The van der Waals surface area contributed by atoms with Gasteiger partial charge < -0.3 is 4.74 Å². The monoisotopic (exact) mass is 209 g/mol. The molecule has 0 unspecified atom stereocenters. The Labute approximate surface area is 90.2 Å². The maximum absolute atomic E-state index is 11.6. The first-order valence-corrected chi connectivity index (χ1v) is 5.15. The molecular weight excluding hydrogens is 192 g/mol. The summed E-state index contributed by atoms with van der Waals surface area (Å²) >= 11 is 0. The first-order chi connectivity index (χ1) is 6.92. The van der Waals surface area contributed by atoms with Crippen molar-refractivity contribution in [1.82, 2.24) is 0 Å². The van der Waals surface area contributed by atoms with Gasteiger partial charge in [0.25, 0.3) is 0 Å². The van der Waals surface area contributed by atoms with Crippen LogP contribution in [0.5, 0.6) is 0 Å². The summed E-state index contributed by atoms with van der Waals surface area (Å²) in [5.74, 6) is 0.0451. The van der Waals surface area contributed by atoms with Crippen LogP contribution in [0.4, 0.5) is 4.79 Å². The molecule has 0 aromatic carbocycles. The van der Waals surface area contributed by atoms with Gasteiger partial charge in [-0.25, -0.2) is 0 Å². The molecule has 0 radical (unpaired) electrons. The van der Waals surface area contributed by atoms with E-state index in [-0.39, 0.29) is 12.0 Å². The van der Waals surface area contributed by atoms with E-state index in [2.05, 4.69) is 6.07 Å². The lowest BCUT2D eigenvalue weighted by atomic mass is 10.0. The summed E-state index contributed by atoms with van der Waals surface area (Å²) in [4.78, 5) is 11.6. The Morgan fingerprint density at radius 2 is 2.27 bits per heavy atom. The quantitative estimate of drug-likeness (QED) is 0.573. The zero-order valence-electron chi connectivity index (χ0n) is 9.49. The largest absolute Gasteiger partial charge is 0.596 e. The van der Waals surface area contributed by atoms with Crippen LogP contribution in [-0.2, 0) is 4.74 Å². The third-order valence-corrected chi connectivity index (χ3v) is 2.14. The highest BCUT2D eigenvalue weighted by atomic mass is 16.6. The van der Waals surface area contributed by atoms with Crippen LogP contribution in [0.1, 0.15) is 33.6 Å². The van der Waals surface area contributed by atoms with Crippen molar-refractivity contribution in [2.45, 2.75) is 39.2 Å². The number of nitrogens with zero attached hydrogens (tertiary/aromatic N) is 2. The number of carbonyl (C=O) groups excluding carboxylic acids is 1. The van der Waals surface area contributed by atoms with Gasteiger partial charge in [-0.2, -0.15) is 10.1 Å². The second-order valence-corrected chi connectivity index (χ2v) is 4.71. The fraction of sp³-hybridized carbons (Fsp3) is 0.727. The first-order valence-electron chi connectivity index (χ1n) is 5.15. The average Bonchev–Trinajstić information content (AvgIpc) is 2.15. The maximum Gasteiger partial charge on any atom is 0.596 e. The third-order valence-electron chi connectivity index (χ3n) is 2.14. The van der Waals surface area contributed by atoms with Crippen LogP contribution >= 0.6 is 0 Å². The number of hydrogen-bond acceptors (Lipinski definition) is 3. The van der Waals surface area contributed by atoms with Gasteiger partial charge in [0.15, 0.2) is 12.8 Å². The van der Waals surface area contributed by atoms with Crippen molar-refractivity contribution in [3.05, 3.63) is 0 Å². The zero-order valence-corrected chi connectivity index (χ0v) is 9.49. The summed E-state index contributed by atoms with van der Waals surface area (Å²) in [6.45, 7) is 6.10. The molecule has 4 nitrogen and oxygen atoms in total. The molecule has 1 rings (SSSR count). The minimum Gasteiger partial charge on any atom is -0.406 e. The SMILES string of the molecule is CC(C)(C)OC(=O)[N+]1=CC[C@@H](C#N)CC1. The van der Waals surface area contributed by atoms with E-state index in [4.69, 9.17) is 10.00 Å². The van der Waals surface area contributed by atoms with Crippen LogP contribution in [0.25, 0.3) is 0 Å². The van der Waals surface area contributed by atoms with Crippen molar-refractivity contribution in [3.63, 3.8) is 0 Å². The molecule has 15 heavy (non-hydrogen) atoms. The molecule has 0 saturated carbocycles. The van der Waals surface area contributed by atoms with E-state index in [1.807, 2.05) is 20.8 Å². The van der Waals surface area contributed by atoms with Gasteiger partial charge in [0.2, 0.25) is 0 Å². The Morgan fingerprint density at radius 3 is 2.67 bits per heavy atom. The molecule has 0 aromatic rings. The lowest BCUT2D eigenvalue weighted by Gasteiger charge is -2.18. The smallest absolute Gasteiger partial charge is 0.406 e. The van der Waals surface area contributed by atoms with Gasteiger partial charge in [0.05, 0.1) is 12.0 Å². The second kappa shape index (κ2) is 4.43. The molecule has 1 aliphatic heterocycles. The summed E-state index contributed by atoms with van der Waals surface area (Å²) in [7, 11) is 0. The maximum atomic E-state index is 11.6. The molecule has 0 aromatic heterocycles. The topological polar surface area (TPSA) is 53.1 Å². The Morgan fingerprint density at radius 1 is 1.60 bits per heavy atom. The van der Waals surface area contributed by atoms with E-state index >= 15 is 0 Å². The Balaban J connectivity index is 2.57. The van der Waals surface area contributed by atoms with Crippen LogP contribution < -0.4 is 0 Å². The van der Waals surface area contributed by atoms with E-state index in [9.17, 15) is 4.79 Å². The summed E-state index contributed by atoms with van der Waals surface area (Å²) in [6, 6.07) is 2.20. The number of ether oxygens (including phenoxy) is 1. The lowest BCUT2D eigenvalue weighted by Crippen LogP contribution is -2.34. The van der Waals surface area contributed by atoms with Gasteiger partial charge >= 0.3 is 6.09 Å². The molecule has 1 heterocycles.